The van der Waals surface area contributed by atoms with Crippen LogP contribution in [-0.2, 0) is 16.1 Å². The van der Waals surface area contributed by atoms with Gasteiger partial charge in [0.25, 0.3) is 5.91 Å². The molecule has 7 heteroatoms. The topological polar surface area (TPSA) is 83.0 Å². The Labute approximate surface area is 161 Å². The molecule has 2 N–H and O–H groups in total. The summed E-state index contributed by atoms with van der Waals surface area (Å²) < 4.78 is 5.16. The first-order valence-electron chi connectivity index (χ1n) is 9.58. The maximum Gasteiger partial charge on any atom is 0.310 e. The zero-order valence-corrected chi connectivity index (χ0v) is 16.5. The van der Waals surface area contributed by atoms with E-state index in [1.807, 2.05) is 38.1 Å². The summed E-state index contributed by atoms with van der Waals surface area (Å²) >= 11 is 0. The molecule has 1 atom stereocenters. The number of carbonyl (C=O) groups excluding carboxylic acids is 2. The summed E-state index contributed by atoms with van der Waals surface area (Å²) in [4.78, 5) is 30.3. The Morgan fingerprint density at radius 2 is 1.96 bits per heavy atom. The van der Waals surface area contributed by atoms with Crippen molar-refractivity contribution in [2.24, 2.45) is 10.9 Å². The summed E-state index contributed by atoms with van der Waals surface area (Å²) in [5.74, 6) is 0.482. The first kappa shape index (κ1) is 20.7. The fourth-order valence-electron chi connectivity index (χ4n) is 3.17. The van der Waals surface area contributed by atoms with E-state index >= 15 is 0 Å². The summed E-state index contributed by atoms with van der Waals surface area (Å²) in [6.07, 6.45) is 1.79. The van der Waals surface area contributed by atoms with Gasteiger partial charge in [-0.15, -0.1) is 0 Å². The number of hydrogen-bond donors (Lipinski definition) is 2. The number of rotatable bonds is 6. The Kier molecular flexibility index (Phi) is 8.10. The number of aliphatic imine (C=N–C) groups is 1. The highest BCUT2D eigenvalue weighted by Gasteiger charge is 2.28. The third-order valence-corrected chi connectivity index (χ3v) is 4.56. The molecule has 0 bridgehead atoms. The van der Waals surface area contributed by atoms with E-state index in [2.05, 4.69) is 20.5 Å². The first-order valence-corrected chi connectivity index (χ1v) is 9.58. The van der Waals surface area contributed by atoms with Crippen molar-refractivity contribution < 1.29 is 14.3 Å². The van der Waals surface area contributed by atoms with E-state index in [0.29, 0.717) is 31.8 Å². The number of ether oxygens (including phenoxy) is 1. The molecule has 0 spiro atoms. The summed E-state index contributed by atoms with van der Waals surface area (Å²) in [7, 11) is 1.74. The van der Waals surface area contributed by atoms with E-state index in [1.54, 1.807) is 7.05 Å². The van der Waals surface area contributed by atoms with Crippen LogP contribution in [0, 0.1) is 5.92 Å². The average Bonchev–Trinajstić information content (AvgIpc) is 2.69. The molecule has 1 fully saturated rings. The lowest BCUT2D eigenvalue weighted by atomic mass is 9.98. The number of guanidine groups is 1. The van der Waals surface area contributed by atoms with Crippen LogP contribution >= 0.6 is 0 Å². The summed E-state index contributed by atoms with van der Waals surface area (Å²) in [5.41, 5.74) is 1.71. The highest BCUT2D eigenvalue weighted by Crippen LogP contribution is 2.18. The fourth-order valence-corrected chi connectivity index (χ4v) is 3.17. The van der Waals surface area contributed by atoms with Gasteiger partial charge in [0.15, 0.2) is 5.96 Å². The van der Waals surface area contributed by atoms with Crippen molar-refractivity contribution in [3.63, 3.8) is 0 Å². The molecule has 0 aliphatic carbocycles. The molecule has 1 unspecified atom stereocenters. The molecule has 1 aliphatic rings. The number of likely N-dealkylation sites (tertiary alicyclic amines) is 1. The monoisotopic (exact) mass is 374 g/mol. The second kappa shape index (κ2) is 10.5. The van der Waals surface area contributed by atoms with Gasteiger partial charge in [0.1, 0.15) is 0 Å². The number of esters is 1. The van der Waals surface area contributed by atoms with Crippen LogP contribution in [0.1, 0.15) is 42.6 Å². The van der Waals surface area contributed by atoms with Gasteiger partial charge >= 0.3 is 5.97 Å². The van der Waals surface area contributed by atoms with Crippen LogP contribution in [0.5, 0.6) is 0 Å². The summed E-state index contributed by atoms with van der Waals surface area (Å²) in [6, 6.07) is 7.51. The van der Waals surface area contributed by atoms with Crippen molar-refractivity contribution in [1.82, 2.24) is 15.5 Å². The Balaban J connectivity index is 1.91. The van der Waals surface area contributed by atoms with Crippen LogP contribution in [0.4, 0.5) is 0 Å². The molecule has 1 saturated heterocycles. The van der Waals surface area contributed by atoms with Gasteiger partial charge in [-0.3, -0.25) is 14.6 Å². The molecule has 1 aromatic carbocycles. The molecule has 2 rings (SSSR count). The van der Waals surface area contributed by atoms with E-state index in [0.717, 1.165) is 30.9 Å². The number of hydrogen-bond acceptors (Lipinski definition) is 4. The van der Waals surface area contributed by atoms with Crippen LogP contribution in [-0.4, -0.2) is 56.0 Å². The van der Waals surface area contributed by atoms with E-state index in [9.17, 15) is 9.59 Å². The minimum Gasteiger partial charge on any atom is -0.466 e. The van der Waals surface area contributed by atoms with Gasteiger partial charge in [-0.05, 0) is 44.4 Å². The van der Waals surface area contributed by atoms with Crippen molar-refractivity contribution in [2.45, 2.75) is 33.2 Å². The Hall–Kier alpha value is -2.57. The highest BCUT2D eigenvalue weighted by molar-refractivity contribution is 5.94. The lowest BCUT2D eigenvalue weighted by molar-refractivity contribution is -0.149. The smallest absolute Gasteiger partial charge is 0.310 e. The number of piperidine rings is 1. The fraction of sp³-hybridized carbons (Fsp3) is 0.550. The minimum absolute atomic E-state index is 0.0638. The van der Waals surface area contributed by atoms with Crippen LogP contribution in [0.25, 0.3) is 0 Å². The predicted octanol–water partition coefficient (Wildman–Crippen LogP) is 1.79. The molecule has 0 radical (unpaired) electrons. The largest absolute Gasteiger partial charge is 0.466 e. The van der Waals surface area contributed by atoms with Crippen LogP contribution in [0.15, 0.2) is 29.3 Å². The highest BCUT2D eigenvalue weighted by atomic mass is 16.5. The quantitative estimate of drug-likeness (QED) is 0.451. The zero-order valence-electron chi connectivity index (χ0n) is 16.5. The maximum absolute atomic E-state index is 12.0. The molecule has 7 nitrogen and oxygen atoms in total. The molecule has 1 aliphatic heterocycles. The van der Waals surface area contributed by atoms with E-state index in [-0.39, 0.29) is 17.8 Å². The van der Waals surface area contributed by atoms with Gasteiger partial charge in [0.2, 0.25) is 0 Å². The number of nitrogens with zero attached hydrogens (tertiary/aromatic N) is 2. The third-order valence-electron chi connectivity index (χ3n) is 4.56. The van der Waals surface area contributed by atoms with Gasteiger partial charge in [0, 0.05) is 38.8 Å². The standard InChI is InChI=1S/C20H30N4O3/c1-4-22-18(25)16-10-8-15(9-11-16)13-23-20(21-3)24-12-6-7-17(14-24)19(26)27-5-2/h8-11,17H,4-7,12-14H2,1-3H3,(H,21,23)(H,22,25). The lowest BCUT2D eigenvalue weighted by Gasteiger charge is -2.34. The van der Waals surface area contributed by atoms with E-state index in [4.69, 9.17) is 4.74 Å². The van der Waals surface area contributed by atoms with Crippen molar-refractivity contribution in [2.75, 3.05) is 33.3 Å². The van der Waals surface area contributed by atoms with Crippen molar-refractivity contribution >= 4 is 17.8 Å². The molecule has 0 aromatic heterocycles. The van der Waals surface area contributed by atoms with E-state index in [1.165, 1.54) is 0 Å². The molecule has 0 saturated carbocycles. The molecular weight excluding hydrogens is 344 g/mol. The molecule has 27 heavy (non-hydrogen) atoms. The first-order chi connectivity index (χ1) is 13.1. The van der Waals surface area contributed by atoms with E-state index < -0.39 is 0 Å². The second-order valence-corrected chi connectivity index (χ2v) is 6.49. The molecule has 1 amide bonds. The SMILES string of the molecule is CCNC(=O)c1ccc(CNC(=NC)N2CCCC(C(=O)OCC)C2)cc1. The van der Waals surface area contributed by atoms with Gasteiger partial charge in [0.05, 0.1) is 12.5 Å². The minimum atomic E-state index is -0.126. The second-order valence-electron chi connectivity index (χ2n) is 6.49. The van der Waals surface area contributed by atoms with Gasteiger partial charge in [-0.25, -0.2) is 0 Å². The zero-order chi connectivity index (χ0) is 19.6. The number of nitrogens with one attached hydrogen (secondary N) is 2. The van der Waals surface area contributed by atoms with Crippen LogP contribution in [0.2, 0.25) is 0 Å². The van der Waals surface area contributed by atoms with Gasteiger partial charge < -0.3 is 20.3 Å². The normalized spacial score (nSPS) is 17.4. The maximum atomic E-state index is 12.0. The van der Waals surface area contributed by atoms with Gasteiger partial charge in [-0.2, -0.15) is 0 Å². The summed E-state index contributed by atoms with van der Waals surface area (Å²) in [5, 5.41) is 6.13. The average molecular weight is 374 g/mol. The molecule has 1 heterocycles. The van der Waals surface area contributed by atoms with Crippen molar-refractivity contribution in [1.29, 1.82) is 0 Å². The lowest BCUT2D eigenvalue weighted by Crippen LogP contribution is -2.48. The van der Waals surface area contributed by atoms with Crippen LogP contribution < -0.4 is 10.6 Å². The van der Waals surface area contributed by atoms with Crippen LogP contribution in [0.3, 0.4) is 0 Å². The summed E-state index contributed by atoms with van der Waals surface area (Å²) in [6.45, 7) is 6.84. The number of amides is 1. The number of carbonyl (C=O) groups is 2. The molecular formula is C20H30N4O3. The molecule has 1 aromatic rings. The Morgan fingerprint density at radius 3 is 2.59 bits per heavy atom. The number of benzene rings is 1. The van der Waals surface area contributed by atoms with Crippen molar-refractivity contribution in [3.05, 3.63) is 35.4 Å². The van der Waals surface area contributed by atoms with Gasteiger partial charge in [-0.1, -0.05) is 12.1 Å². The molecule has 148 valence electrons. The Bertz CT molecular complexity index is 658. The third kappa shape index (κ3) is 5.98. The predicted molar refractivity (Wildman–Crippen MR) is 106 cm³/mol. The van der Waals surface area contributed by atoms with Crippen molar-refractivity contribution in [3.8, 4) is 0 Å². The Morgan fingerprint density at radius 1 is 1.22 bits per heavy atom.